The third kappa shape index (κ3) is 2.98. The van der Waals surface area contributed by atoms with Crippen LogP contribution in [0.25, 0.3) is 16.7 Å². The van der Waals surface area contributed by atoms with Crippen molar-refractivity contribution in [2.24, 2.45) is 0 Å². The van der Waals surface area contributed by atoms with Crippen molar-refractivity contribution < 1.29 is 27.1 Å². The zero-order valence-electron chi connectivity index (χ0n) is 17.5. The lowest BCUT2D eigenvalue weighted by molar-refractivity contribution is -0.115. The van der Waals surface area contributed by atoms with Crippen molar-refractivity contribution in [1.29, 1.82) is 0 Å². The zero-order chi connectivity index (χ0) is 22.6. The number of carbonyl (C=O) groups is 1. The van der Waals surface area contributed by atoms with Crippen LogP contribution >= 0.6 is 0 Å². The molecule has 1 N–H and O–H groups in total. The minimum Gasteiger partial charge on any atom is -0.510 e. The molecule has 0 bridgehead atoms. The highest BCUT2D eigenvalue weighted by atomic mass is 32.2. The maximum Gasteiger partial charge on any atom is 0.187 e. The summed E-state index contributed by atoms with van der Waals surface area (Å²) in [6, 6.07) is 8.57. The Balaban J connectivity index is 2.25. The lowest BCUT2D eigenvalue weighted by Crippen LogP contribution is -2.55. The molecular weight excluding hydrogens is 410 g/mol. The summed E-state index contributed by atoms with van der Waals surface area (Å²) in [7, 11) is -3.99. The van der Waals surface area contributed by atoms with E-state index in [1.54, 1.807) is 18.2 Å². The van der Waals surface area contributed by atoms with E-state index in [-0.39, 0.29) is 5.57 Å². The SMILES string of the molecule is CCc1cc(-c2ccc(F)c(F)c2)ccc1C1=C(O)C(C)(C)S(=O)(=O)C(C)(C)C1=O. The molecule has 0 amide bonds. The van der Waals surface area contributed by atoms with Gasteiger partial charge in [0.15, 0.2) is 27.3 Å². The highest BCUT2D eigenvalue weighted by Gasteiger charge is 2.58. The molecule has 160 valence electrons. The number of halogens is 2. The van der Waals surface area contributed by atoms with Gasteiger partial charge < -0.3 is 5.11 Å². The molecule has 4 nitrogen and oxygen atoms in total. The molecule has 7 heteroatoms. The number of aliphatic hydroxyl groups excluding tert-OH is 1. The lowest BCUT2D eigenvalue weighted by Gasteiger charge is -2.40. The number of benzene rings is 2. The molecule has 1 heterocycles. The second kappa shape index (κ2) is 7.01. The molecule has 0 saturated heterocycles. The molecule has 0 atom stereocenters. The van der Waals surface area contributed by atoms with Gasteiger partial charge in [0.05, 0.1) is 5.57 Å². The summed E-state index contributed by atoms with van der Waals surface area (Å²) in [5.41, 5.74) is 2.17. The van der Waals surface area contributed by atoms with E-state index in [1.165, 1.54) is 33.8 Å². The fraction of sp³-hybridized carbons (Fsp3) is 0.348. The van der Waals surface area contributed by atoms with Gasteiger partial charge in [0, 0.05) is 0 Å². The van der Waals surface area contributed by atoms with E-state index < -0.39 is 42.5 Å². The Bertz CT molecular complexity index is 1190. The summed E-state index contributed by atoms with van der Waals surface area (Å²) in [6.07, 6.45) is 0.477. The van der Waals surface area contributed by atoms with E-state index in [1.807, 2.05) is 6.92 Å². The van der Waals surface area contributed by atoms with Crippen molar-refractivity contribution in [1.82, 2.24) is 0 Å². The quantitative estimate of drug-likeness (QED) is 0.737. The Morgan fingerprint density at radius 3 is 2.03 bits per heavy atom. The van der Waals surface area contributed by atoms with Crippen LogP contribution in [0.15, 0.2) is 42.2 Å². The Morgan fingerprint density at radius 1 is 0.900 bits per heavy atom. The first kappa shape index (κ1) is 22.2. The second-order valence-electron chi connectivity index (χ2n) is 8.43. The molecule has 0 spiro atoms. The van der Waals surface area contributed by atoms with Crippen LogP contribution in [0, 0.1) is 11.6 Å². The molecule has 2 aromatic rings. The van der Waals surface area contributed by atoms with E-state index in [0.717, 1.165) is 12.1 Å². The number of sulfone groups is 1. The van der Waals surface area contributed by atoms with Crippen molar-refractivity contribution in [3.63, 3.8) is 0 Å². The summed E-state index contributed by atoms with van der Waals surface area (Å²) >= 11 is 0. The number of aryl methyl sites for hydroxylation is 1. The van der Waals surface area contributed by atoms with Crippen molar-refractivity contribution in [3.05, 3.63) is 64.9 Å². The Labute approximate surface area is 175 Å². The number of carbonyl (C=O) groups excluding carboxylic acids is 1. The summed E-state index contributed by atoms with van der Waals surface area (Å²) in [4.78, 5) is 13.2. The fourth-order valence-electron chi connectivity index (χ4n) is 3.83. The molecule has 30 heavy (non-hydrogen) atoms. The van der Waals surface area contributed by atoms with Gasteiger partial charge in [0.1, 0.15) is 15.3 Å². The predicted molar refractivity (Wildman–Crippen MR) is 113 cm³/mol. The third-order valence-electron chi connectivity index (χ3n) is 5.93. The van der Waals surface area contributed by atoms with Crippen molar-refractivity contribution in [2.45, 2.75) is 50.5 Å². The monoisotopic (exact) mass is 434 g/mol. The van der Waals surface area contributed by atoms with Crippen molar-refractivity contribution >= 4 is 21.2 Å². The van der Waals surface area contributed by atoms with Gasteiger partial charge in [-0.3, -0.25) is 4.79 Å². The summed E-state index contributed by atoms with van der Waals surface area (Å²) in [5.74, 6) is -3.07. The number of hydrogen-bond acceptors (Lipinski definition) is 4. The van der Waals surface area contributed by atoms with Crippen LogP contribution in [-0.2, 0) is 21.1 Å². The van der Waals surface area contributed by atoms with Gasteiger partial charge in [-0.25, -0.2) is 17.2 Å². The summed E-state index contributed by atoms with van der Waals surface area (Å²) in [5, 5.41) is 10.9. The van der Waals surface area contributed by atoms with E-state index in [2.05, 4.69) is 0 Å². The Hall–Kier alpha value is -2.54. The van der Waals surface area contributed by atoms with Crippen molar-refractivity contribution in [3.8, 4) is 11.1 Å². The molecule has 1 aliphatic rings. The van der Waals surface area contributed by atoms with Gasteiger partial charge in [0.25, 0.3) is 0 Å². The summed E-state index contributed by atoms with van der Waals surface area (Å²) in [6.45, 7) is 7.31. The predicted octanol–water partition coefficient (Wildman–Crippen LogP) is 5.02. The van der Waals surface area contributed by atoms with E-state index in [4.69, 9.17) is 0 Å². The number of allylic oxidation sites excluding steroid dienone is 1. The fourth-order valence-corrected chi connectivity index (χ4v) is 5.81. The van der Waals surface area contributed by atoms with E-state index in [9.17, 15) is 27.1 Å². The smallest absolute Gasteiger partial charge is 0.187 e. The first-order valence-corrected chi connectivity index (χ1v) is 11.1. The molecular formula is C23H24F2O4S. The van der Waals surface area contributed by atoms with E-state index >= 15 is 0 Å². The average molecular weight is 435 g/mol. The van der Waals surface area contributed by atoms with Crippen LogP contribution in [0.4, 0.5) is 8.78 Å². The maximum absolute atomic E-state index is 13.6. The molecule has 0 unspecified atom stereocenters. The number of hydrogen-bond donors (Lipinski definition) is 1. The molecule has 0 aromatic heterocycles. The molecule has 0 aliphatic carbocycles. The first-order valence-electron chi connectivity index (χ1n) is 9.58. The van der Waals surface area contributed by atoms with Crippen molar-refractivity contribution in [2.75, 3.05) is 0 Å². The van der Waals surface area contributed by atoms with Gasteiger partial charge in [-0.05, 0) is 68.5 Å². The van der Waals surface area contributed by atoms with Gasteiger partial charge in [-0.15, -0.1) is 0 Å². The molecule has 0 saturated carbocycles. The Morgan fingerprint density at radius 2 is 1.47 bits per heavy atom. The number of aliphatic hydroxyl groups is 1. The lowest BCUT2D eigenvalue weighted by atomic mass is 9.85. The number of rotatable bonds is 3. The van der Waals surface area contributed by atoms with Crippen LogP contribution in [0.1, 0.15) is 45.7 Å². The maximum atomic E-state index is 13.6. The van der Waals surface area contributed by atoms with Gasteiger partial charge in [0.2, 0.25) is 0 Å². The minimum absolute atomic E-state index is 0.0199. The minimum atomic E-state index is -3.99. The van der Waals surface area contributed by atoms with Crippen LogP contribution in [-0.4, -0.2) is 28.8 Å². The molecule has 1 aliphatic heterocycles. The first-order chi connectivity index (χ1) is 13.8. The molecule has 2 aromatic carbocycles. The average Bonchev–Trinajstić information content (AvgIpc) is 2.69. The largest absolute Gasteiger partial charge is 0.510 e. The number of ketones is 1. The van der Waals surface area contributed by atoms with Crippen LogP contribution < -0.4 is 0 Å². The molecule has 3 rings (SSSR count). The number of Topliss-reactive ketones (excluding diaryl/α,β-unsaturated/α-hetero) is 1. The second-order valence-corrected chi connectivity index (χ2v) is 11.5. The molecule has 0 fully saturated rings. The third-order valence-corrected chi connectivity index (χ3v) is 9.00. The normalized spacial score (nSPS) is 19.8. The van der Waals surface area contributed by atoms with Gasteiger partial charge in [-0.1, -0.05) is 31.2 Å². The Kier molecular flexibility index (Phi) is 5.18. The van der Waals surface area contributed by atoms with Crippen LogP contribution in [0.3, 0.4) is 0 Å². The van der Waals surface area contributed by atoms with Crippen LogP contribution in [0.5, 0.6) is 0 Å². The highest BCUT2D eigenvalue weighted by molar-refractivity contribution is 7.95. The van der Waals surface area contributed by atoms with Crippen LogP contribution in [0.2, 0.25) is 0 Å². The van der Waals surface area contributed by atoms with Gasteiger partial charge in [-0.2, -0.15) is 0 Å². The standard InChI is InChI=1S/C23H24F2O4S/c1-6-13-11-14(15-8-10-17(24)18(25)12-15)7-9-16(13)19-20(26)22(2,3)30(28,29)23(4,5)21(19)27/h7-12,26H,6H2,1-5H3. The van der Waals surface area contributed by atoms with E-state index in [0.29, 0.717) is 28.7 Å². The topological polar surface area (TPSA) is 71.4 Å². The van der Waals surface area contributed by atoms with Gasteiger partial charge >= 0.3 is 0 Å². The zero-order valence-corrected chi connectivity index (χ0v) is 18.3. The molecule has 0 radical (unpaired) electrons. The summed E-state index contributed by atoms with van der Waals surface area (Å²) < 4.78 is 49.4. The highest BCUT2D eigenvalue weighted by Crippen LogP contribution is 2.45.